The normalized spacial score (nSPS) is 16.2. The summed E-state index contributed by atoms with van der Waals surface area (Å²) in [4.78, 5) is 21.8. The quantitative estimate of drug-likeness (QED) is 0.467. The van der Waals surface area contributed by atoms with Gasteiger partial charge in [-0.05, 0) is 85.4 Å². The number of benzene rings is 2. The molecule has 2 aliphatic carbocycles. The predicted molar refractivity (Wildman–Crippen MR) is 133 cm³/mol. The Hall–Kier alpha value is -3.08. The van der Waals surface area contributed by atoms with Crippen molar-refractivity contribution < 1.29 is 36.3 Å². The second-order valence-electron chi connectivity index (χ2n) is 9.81. The number of hydrogen-bond donors (Lipinski definition) is 3. The van der Waals surface area contributed by atoms with E-state index in [0.29, 0.717) is 23.0 Å². The average Bonchev–Trinajstić information content (AvgIpc) is 3.64. The molecule has 0 saturated heterocycles. The lowest BCUT2D eigenvalue weighted by molar-refractivity contribution is -0.192. The number of aryl methyl sites for hydroxylation is 2. The third kappa shape index (κ3) is 7.24. The first-order valence-corrected chi connectivity index (χ1v) is 13.6. The first-order valence-electron chi connectivity index (χ1n) is 12.1. The molecular formula is C26H31F3N2O5S. The van der Waals surface area contributed by atoms with Crippen LogP contribution >= 0.6 is 0 Å². The van der Waals surface area contributed by atoms with Gasteiger partial charge in [0.15, 0.2) is 0 Å². The number of rotatable bonds is 7. The molecule has 1 fully saturated rings. The zero-order valence-corrected chi connectivity index (χ0v) is 21.5. The summed E-state index contributed by atoms with van der Waals surface area (Å²) in [5, 5.41) is 10.2. The van der Waals surface area contributed by atoms with E-state index < -0.39 is 27.6 Å². The Balaban J connectivity index is 0.000000479. The SMILES string of the molecule is CC(C)CNC(=O)C1(c2ccc(NS(=O)(=O)c3ccc4c(c3)CCCC4)cc2)CC1.O=C(O)C(F)(F)F. The maximum absolute atomic E-state index is 12.9. The van der Waals surface area contributed by atoms with Crippen LogP contribution in [0.1, 0.15) is 56.2 Å². The Morgan fingerprint density at radius 3 is 2.08 bits per heavy atom. The standard InChI is InChI=1S/C24H30N2O3S.C2HF3O2/c1-17(2)16-25-23(27)24(13-14-24)20-8-10-21(11-9-20)26-30(28,29)22-12-7-18-5-3-4-6-19(18)15-22;3-2(4,5)1(6)7/h7-12,15,17,26H,3-6,13-14,16H2,1-2H3,(H,25,27);(H,6,7). The number of alkyl halides is 3. The van der Waals surface area contributed by atoms with E-state index in [-0.39, 0.29) is 5.91 Å². The molecule has 1 saturated carbocycles. The van der Waals surface area contributed by atoms with Gasteiger partial charge in [0, 0.05) is 12.2 Å². The first kappa shape index (κ1) is 28.5. The molecule has 0 unspecified atom stereocenters. The molecule has 3 N–H and O–H groups in total. The number of carbonyl (C=O) groups excluding carboxylic acids is 1. The average molecular weight is 541 g/mol. The molecule has 2 aromatic rings. The fraction of sp³-hybridized carbons (Fsp3) is 0.462. The van der Waals surface area contributed by atoms with Crippen molar-refractivity contribution >= 4 is 27.6 Å². The molecule has 1 amide bonds. The molecule has 0 atom stereocenters. The van der Waals surface area contributed by atoms with Crippen LogP contribution in [-0.2, 0) is 37.9 Å². The predicted octanol–water partition coefficient (Wildman–Crippen LogP) is 4.80. The highest BCUT2D eigenvalue weighted by molar-refractivity contribution is 7.92. The number of halogens is 3. The van der Waals surface area contributed by atoms with Gasteiger partial charge in [0.2, 0.25) is 5.91 Å². The number of nitrogens with one attached hydrogen (secondary N) is 2. The highest BCUT2D eigenvalue weighted by Crippen LogP contribution is 2.48. The van der Waals surface area contributed by atoms with Crippen molar-refractivity contribution in [2.24, 2.45) is 5.92 Å². The van der Waals surface area contributed by atoms with E-state index in [4.69, 9.17) is 9.90 Å². The van der Waals surface area contributed by atoms with E-state index in [1.807, 2.05) is 24.3 Å². The first-order chi connectivity index (χ1) is 17.2. The highest BCUT2D eigenvalue weighted by atomic mass is 32.2. The van der Waals surface area contributed by atoms with Gasteiger partial charge in [0.1, 0.15) is 0 Å². The molecule has 4 rings (SSSR count). The number of carbonyl (C=O) groups is 2. The summed E-state index contributed by atoms with van der Waals surface area (Å²) in [6.07, 6.45) is 0.818. The van der Waals surface area contributed by atoms with E-state index in [9.17, 15) is 26.4 Å². The van der Waals surface area contributed by atoms with Crippen molar-refractivity contribution in [3.05, 3.63) is 59.2 Å². The lowest BCUT2D eigenvalue weighted by Gasteiger charge is -2.18. The third-order valence-electron chi connectivity index (χ3n) is 6.42. The second kappa shape index (κ2) is 11.1. The topological polar surface area (TPSA) is 113 Å². The summed E-state index contributed by atoms with van der Waals surface area (Å²) >= 11 is 0. The summed E-state index contributed by atoms with van der Waals surface area (Å²) in [7, 11) is -3.64. The lowest BCUT2D eigenvalue weighted by Crippen LogP contribution is -2.36. The maximum Gasteiger partial charge on any atom is 0.490 e. The molecule has 0 heterocycles. The zero-order chi connectivity index (χ0) is 27.4. The number of hydrogen-bond acceptors (Lipinski definition) is 4. The van der Waals surface area contributed by atoms with E-state index in [2.05, 4.69) is 23.9 Å². The van der Waals surface area contributed by atoms with E-state index in [1.54, 1.807) is 18.2 Å². The highest BCUT2D eigenvalue weighted by Gasteiger charge is 2.51. The zero-order valence-electron chi connectivity index (χ0n) is 20.7. The molecule has 202 valence electrons. The molecule has 0 aliphatic heterocycles. The molecule has 11 heteroatoms. The summed E-state index contributed by atoms with van der Waals surface area (Å²) < 4.78 is 60.1. The minimum Gasteiger partial charge on any atom is -0.475 e. The van der Waals surface area contributed by atoms with Gasteiger partial charge in [-0.15, -0.1) is 0 Å². The van der Waals surface area contributed by atoms with Crippen LogP contribution in [-0.4, -0.2) is 38.1 Å². The third-order valence-corrected chi connectivity index (χ3v) is 7.80. The number of amides is 1. The molecule has 2 aliphatic rings. The van der Waals surface area contributed by atoms with Crippen molar-refractivity contribution in [2.75, 3.05) is 11.3 Å². The van der Waals surface area contributed by atoms with Crippen LogP contribution < -0.4 is 10.0 Å². The van der Waals surface area contributed by atoms with Crippen molar-refractivity contribution in [3.63, 3.8) is 0 Å². The molecule has 0 bridgehead atoms. The van der Waals surface area contributed by atoms with Gasteiger partial charge in [0.25, 0.3) is 10.0 Å². The van der Waals surface area contributed by atoms with Crippen molar-refractivity contribution in [2.45, 2.75) is 68.9 Å². The summed E-state index contributed by atoms with van der Waals surface area (Å²) in [6.45, 7) is 4.81. The molecule has 7 nitrogen and oxygen atoms in total. The fourth-order valence-electron chi connectivity index (χ4n) is 4.19. The Morgan fingerprint density at radius 2 is 1.57 bits per heavy atom. The number of anilines is 1. The second-order valence-corrected chi connectivity index (χ2v) is 11.5. The van der Waals surface area contributed by atoms with Gasteiger partial charge in [-0.2, -0.15) is 13.2 Å². The van der Waals surface area contributed by atoms with Gasteiger partial charge < -0.3 is 10.4 Å². The van der Waals surface area contributed by atoms with Gasteiger partial charge in [-0.1, -0.05) is 32.0 Å². The summed E-state index contributed by atoms with van der Waals surface area (Å²) in [5.74, 6) is -2.28. The van der Waals surface area contributed by atoms with Crippen LogP contribution in [0.25, 0.3) is 0 Å². The lowest BCUT2D eigenvalue weighted by atomic mass is 9.92. The number of carboxylic acids is 1. The fourth-order valence-corrected chi connectivity index (χ4v) is 5.30. The monoisotopic (exact) mass is 540 g/mol. The van der Waals surface area contributed by atoms with Gasteiger partial charge in [-0.3, -0.25) is 9.52 Å². The van der Waals surface area contributed by atoms with E-state index >= 15 is 0 Å². The van der Waals surface area contributed by atoms with Crippen LogP contribution in [0, 0.1) is 5.92 Å². The Labute approximate surface area is 214 Å². The Kier molecular flexibility index (Phi) is 8.56. The number of aliphatic carboxylic acids is 1. The molecular weight excluding hydrogens is 509 g/mol. The number of carboxylic acid groups (broad SMARTS) is 1. The van der Waals surface area contributed by atoms with Crippen LogP contribution in [0.5, 0.6) is 0 Å². The maximum atomic E-state index is 12.9. The van der Waals surface area contributed by atoms with Gasteiger partial charge in [0.05, 0.1) is 10.3 Å². The Bertz CT molecular complexity index is 1240. The van der Waals surface area contributed by atoms with Gasteiger partial charge >= 0.3 is 12.1 Å². The number of sulfonamides is 1. The minimum atomic E-state index is -5.08. The minimum absolute atomic E-state index is 0.0681. The summed E-state index contributed by atoms with van der Waals surface area (Å²) in [5.41, 5.74) is 3.40. The van der Waals surface area contributed by atoms with E-state index in [0.717, 1.165) is 43.2 Å². The largest absolute Gasteiger partial charge is 0.490 e. The molecule has 0 spiro atoms. The molecule has 0 aromatic heterocycles. The number of fused-ring (bicyclic) bond motifs is 1. The van der Waals surface area contributed by atoms with Crippen molar-refractivity contribution in [3.8, 4) is 0 Å². The van der Waals surface area contributed by atoms with E-state index in [1.165, 1.54) is 12.0 Å². The van der Waals surface area contributed by atoms with Crippen LogP contribution in [0.2, 0.25) is 0 Å². The van der Waals surface area contributed by atoms with Crippen LogP contribution in [0.3, 0.4) is 0 Å². The van der Waals surface area contributed by atoms with Crippen LogP contribution in [0.4, 0.5) is 18.9 Å². The van der Waals surface area contributed by atoms with Crippen molar-refractivity contribution in [1.29, 1.82) is 0 Å². The molecule has 0 radical (unpaired) electrons. The molecule has 2 aromatic carbocycles. The summed E-state index contributed by atoms with van der Waals surface area (Å²) in [6, 6.07) is 12.7. The van der Waals surface area contributed by atoms with Crippen LogP contribution in [0.15, 0.2) is 47.4 Å². The smallest absolute Gasteiger partial charge is 0.475 e. The molecule has 37 heavy (non-hydrogen) atoms. The van der Waals surface area contributed by atoms with Gasteiger partial charge in [-0.25, -0.2) is 13.2 Å². The Morgan fingerprint density at radius 1 is 1.00 bits per heavy atom. The van der Waals surface area contributed by atoms with Crippen molar-refractivity contribution in [1.82, 2.24) is 5.32 Å².